The molecule has 0 aliphatic heterocycles. The van der Waals surface area contributed by atoms with Crippen molar-refractivity contribution in [2.75, 3.05) is 17.9 Å². The van der Waals surface area contributed by atoms with Crippen LogP contribution >= 0.6 is 0 Å². The van der Waals surface area contributed by atoms with Gasteiger partial charge >= 0.3 is 0 Å². The minimum Gasteiger partial charge on any atom is -0.467 e. The van der Waals surface area contributed by atoms with Gasteiger partial charge in [0.15, 0.2) is 0 Å². The third-order valence-electron chi connectivity index (χ3n) is 4.58. The van der Waals surface area contributed by atoms with E-state index in [0.29, 0.717) is 18.0 Å². The first kappa shape index (κ1) is 20.7. The second-order valence-electron chi connectivity index (χ2n) is 6.80. The number of anilines is 1. The van der Waals surface area contributed by atoms with Gasteiger partial charge in [-0.05, 0) is 43.3 Å². The lowest BCUT2D eigenvalue weighted by molar-refractivity contribution is -0.130. The molecule has 0 spiro atoms. The molecule has 1 amide bonds. The molecule has 0 saturated carbocycles. The van der Waals surface area contributed by atoms with Crippen LogP contribution in [-0.2, 0) is 21.4 Å². The summed E-state index contributed by atoms with van der Waals surface area (Å²) in [6, 6.07) is 19.1. The number of para-hydroxylation sites is 1. The van der Waals surface area contributed by atoms with Crippen LogP contribution in [0.3, 0.4) is 0 Å². The Hall–Kier alpha value is -3.06. The van der Waals surface area contributed by atoms with Gasteiger partial charge in [-0.15, -0.1) is 0 Å². The maximum Gasteiger partial charge on any atom is 0.264 e. The molecule has 0 atom stereocenters. The lowest BCUT2D eigenvalue weighted by Gasteiger charge is -2.25. The molecule has 1 aromatic heterocycles. The number of rotatable bonds is 8. The van der Waals surface area contributed by atoms with Gasteiger partial charge in [0.05, 0.1) is 23.4 Å². The van der Waals surface area contributed by atoms with E-state index in [9.17, 15) is 13.2 Å². The van der Waals surface area contributed by atoms with Gasteiger partial charge in [0.25, 0.3) is 10.0 Å². The average molecular weight is 413 g/mol. The van der Waals surface area contributed by atoms with E-state index in [2.05, 4.69) is 0 Å². The Kier molecular flexibility index (Phi) is 6.39. The topological polar surface area (TPSA) is 70.8 Å². The van der Waals surface area contributed by atoms with Crippen molar-refractivity contribution in [3.8, 4) is 0 Å². The van der Waals surface area contributed by atoms with Gasteiger partial charge in [-0.25, -0.2) is 8.42 Å². The first-order valence-electron chi connectivity index (χ1n) is 9.29. The van der Waals surface area contributed by atoms with E-state index in [1.54, 1.807) is 74.0 Å². The molecule has 0 unspecified atom stereocenters. The van der Waals surface area contributed by atoms with Crippen LogP contribution < -0.4 is 4.31 Å². The normalized spacial score (nSPS) is 11.2. The lowest BCUT2D eigenvalue weighted by Crippen LogP contribution is -2.35. The smallest absolute Gasteiger partial charge is 0.264 e. The molecule has 3 aromatic rings. The number of nitrogens with zero attached hydrogens (tertiary/aromatic N) is 2. The van der Waals surface area contributed by atoms with E-state index in [-0.39, 0.29) is 23.8 Å². The molecule has 0 aliphatic rings. The molecule has 0 aliphatic carbocycles. The van der Waals surface area contributed by atoms with E-state index >= 15 is 0 Å². The van der Waals surface area contributed by atoms with Crippen LogP contribution in [0.25, 0.3) is 0 Å². The molecule has 0 radical (unpaired) electrons. The summed E-state index contributed by atoms with van der Waals surface area (Å²) in [5, 5.41) is 0. The quantitative estimate of drug-likeness (QED) is 0.564. The molecule has 0 fully saturated rings. The fourth-order valence-corrected chi connectivity index (χ4v) is 4.40. The van der Waals surface area contributed by atoms with Gasteiger partial charge in [-0.1, -0.05) is 35.9 Å². The van der Waals surface area contributed by atoms with Crippen LogP contribution in [0.4, 0.5) is 5.69 Å². The summed E-state index contributed by atoms with van der Waals surface area (Å²) in [7, 11) is -2.13. The molecule has 6 nitrogen and oxygen atoms in total. The summed E-state index contributed by atoms with van der Waals surface area (Å²) >= 11 is 0. The Bertz CT molecular complexity index is 1030. The zero-order chi connectivity index (χ0) is 20.9. The number of hydrogen-bond donors (Lipinski definition) is 0. The molecule has 0 saturated heterocycles. The summed E-state index contributed by atoms with van der Waals surface area (Å²) < 4.78 is 33.1. The Morgan fingerprint density at radius 3 is 2.28 bits per heavy atom. The molecule has 1 heterocycles. The summed E-state index contributed by atoms with van der Waals surface area (Å²) in [6.07, 6.45) is 1.61. The van der Waals surface area contributed by atoms with Crippen molar-refractivity contribution in [1.82, 2.24) is 4.90 Å². The number of carbonyl (C=O) groups is 1. The molecule has 29 heavy (non-hydrogen) atoms. The predicted octanol–water partition coefficient (Wildman–Crippen LogP) is 3.83. The van der Waals surface area contributed by atoms with E-state index in [1.165, 1.54) is 9.21 Å². The number of amides is 1. The average Bonchev–Trinajstić information content (AvgIpc) is 3.22. The van der Waals surface area contributed by atoms with Crippen LogP contribution in [0.15, 0.2) is 82.3 Å². The fraction of sp³-hybridized carbons (Fsp3) is 0.227. The minimum atomic E-state index is -3.80. The number of carbonyl (C=O) groups excluding carboxylic acids is 1. The van der Waals surface area contributed by atoms with E-state index < -0.39 is 10.0 Å². The standard InChI is InChI=1S/C22H24N2O4S/c1-18-10-12-21(13-11-18)29(26,27)24(19-7-4-3-5-8-19)15-14-22(25)23(2)17-20-9-6-16-28-20/h3-13,16H,14-15,17H2,1-2H3. The van der Waals surface area contributed by atoms with Crippen LogP contribution in [0, 0.1) is 6.92 Å². The van der Waals surface area contributed by atoms with Crippen LogP contribution in [0.1, 0.15) is 17.7 Å². The van der Waals surface area contributed by atoms with Gasteiger partial charge in [-0.2, -0.15) is 0 Å². The first-order chi connectivity index (χ1) is 13.9. The highest BCUT2D eigenvalue weighted by molar-refractivity contribution is 7.92. The van der Waals surface area contributed by atoms with Gasteiger partial charge in [0.1, 0.15) is 5.76 Å². The number of hydrogen-bond acceptors (Lipinski definition) is 4. The van der Waals surface area contributed by atoms with Gasteiger partial charge < -0.3 is 9.32 Å². The maximum absolute atomic E-state index is 13.3. The van der Waals surface area contributed by atoms with Crippen molar-refractivity contribution in [3.63, 3.8) is 0 Å². The highest BCUT2D eigenvalue weighted by Gasteiger charge is 2.26. The summed E-state index contributed by atoms with van der Waals surface area (Å²) in [5.74, 6) is 0.509. The number of furan rings is 1. The molecule has 0 N–H and O–H groups in total. The van der Waals surface area contributed by atoms with Gasteiger partial charge in [0, 0.05) is 20.0 Å². The van der Waals surface area contributed by atoms with Crippen molar-refractivity contribution in [2.24, 2.45) is 0 Å². The highest BCUT2D eigenvalue weighted by Crippen LogP contribution is 2.24. The Morgan fingerprint density at radius 1 is 0.966 bits per heavy atom. The van der Waals surface area contributed by atoms with Crippen LogP contribution in [0.2, 0.25) is 0 Å². The van der Waals surface area contributed by atoms with Crippen molar-refractivity contribution < 1.29 is 17.6 Å². The first-order valence-corrected chi connectivity index (χ1v) is 10.7. The van der Waals surface area contributed by atoms with Gasteiger partial charge in [-0.3, -0.25) is 9.10 Å². The predicted molar refractivity (Wildman–Crippen MR) is 112 cm³/mol. The third-order valence-corrected chi connectivity index (χ3v) is 6.42. The molecule has 7 heteroatoms. The SMILES string of the molecule is Cc1ccc(S(=O)(=O)N(CCC(=O)N(C)Cc2ccco2)c2ccccc2)cc1. The fourth-order valence-electron chi connectivity index (χ4n) is 2.93. The van der Waals surface area contributed by atoms with Crippen molar-refractivity contribution >= 4 is 21.6 Å². The Morgan fingerprint density at radius 2 is 1.66 bits per heavy atom. The molecule has 3 rings (SSSR count). The molecular weight excluding hydrogens is 388 g/mol. The van der Waals surface area contributed by atoms with Crippen LogP contribution in [0.5, 0.6) is 0 Å². The van der Waals surface area contributed by atoms with E-state index in [4.69, 9.17) is 4.42 Å². The largest absolute Gasteiger partial charge is 0.467 e. The van der Waals surface area contributed by atoms with Crippen molar-refractivity contribution in [2.45, 2.75) is 24.8 Å². The second-order valence-corrected chi connectivity index (χ2v) is 8.67. The molecule has 2 aromatic carbocycles. The number of aryl methyl sites for hydroxylation is 1. The monoisotopic (exact) mass is 412 g/mol. The summed E-state index contributed by atoms with van der Waals surface area (Å²) in [4.78, 5) is 14.3. The number of sulfonamides is 1. The van der Waals surface area contributed by atoms with Crippen molar-refractivity contribution in [3.05, 3.63) is 84.3 Å². The minimum absolute atomic E-state index is 0.0432. The number of benzene rings is 2. The highest BCUT2D eigenvalue weighted by atomic mass is 32.2. The lowest BCUT2D eigenvalue weighted by atomic mass is 10.2. The van der Waals surface area contributed by atoms with Crippen molar-refractivity contribution in [1.29, 1.82) is 0 Å². The molecular formula is C22H24N2O4S. The van der Waals surface area contributed by atoms with E-state index in [1.807, 2.05) is 13.0 Å². The zero-order valence-corrected chi connectivity index (χ0v) is 17.3. The Balaban J connectivity index is 1.79. The second kappa shape index (κ2) is 8.96. The van der Waals surface area contributed by atoms with E-state index in [0.717, 1.165) is 5.56 Å². The molecule has 0 bridgehead atoms. The third kappa shape index (κ3) is 5.06. The summed E-state index contributed by atoms with van der Waals surface area (Å²) in [5.41, 5.74) is 1.50. The maximum atomic E-state index is 13.3. The summed E-state index contributed by atoms with van der Waals surface area (Å²) in [6.45, 7) is 2.28. The zero-order valence-electron chi connectivity index (χ0n) is 16.5. The van der Waals surface area contributed by atoms with Crippen LogP contribution in [-0.4, -0.2) is 32.8 Å². The molecule has 152 valence electrons. The Labute approximate surface area is 171 Å². The van der Waals surface area contributed by atoms with Gasteiger partial charge in [0.2, 0.25) is 5.91 Å².